The van der Waals surface area contributed by atoms with Crippen molar-refractivity contribution >= 4 is 28.1 Å². The lowest BCUT2D eigenvalue weighted by Gasteiger charge is -2.22. The monoisotopic (exact) mass is 312 g/mol. The van der Waals surface area contributed by atoms with Crippen LogP contribution in [-0.2, 0) is 10.8 Å². The smallest absolute Gasteiger partial charge is 0.306 e. The van der Waals surface area contributed by atoms with Crippen LogP contribution in [0.2, 0.25) is 0 Å². The molecule has 0 bridgehead atoms. The summed E-state index contributed by atoms with van der Waals surface area (Å²) in [5, 5.41) is 13.9. The fourth-order valence-corrected chi connectivity index (χ4v) is 3.54. The Balaban J connectivity index is 2.19. The van der Waals surface area contributed by atoms with E-state index in [0.29, 0.717) is 24.3 Å². The zero-order valence-corrected chi connectivity index (χ0v) is 12.0. The molecular weight excluding hydrogens is 296 g/mol. The highest BCUT2D eigenvalue weighted by molar-refractivity contribution is 7.85. The SMILES string of the molecule is NNc1cccc(C(=O)NC2CCS(=O)CC2)c1[N+](=O)[O-]. The average molecular weight is 312 g/mol. The van der Waals surface area contributed by atoms with Crippen LogP contribution in [0, 0.1) is 10.1 Å². The van der Waals surface area contributed by atoms with Gasteiger partial charge in [-0.05, 0) is 25.0 Å². The van der Waals surface area contributed by atoms with E-state index in [4.69, 9.17) is 5.84 Å². The fourth-order valence-electron chi connectivity index (χ4n) is 2.24. The number of nitrogens with zero attached hydrogens (tertiary/aromatic N) is 1. The van der Waals surface area contributed by atoms with Gasteiger partial charge in [-0.1, -0.05) is 6.07 Å². The number of carbonyl (C=O) groups is 1. The van der Waals surface area contributed by atoms with E-state index in [-0.39, 0.29) is 23.0 Å². The fraction of sp³-hybridized carbons (Fsp3) is 0.417. The molecule has 1 aliphatic heterocycles. The summed E-state index contributed by atoms with van der Waals surface area (Å²) < 4.78 is 11.3. The highest BCUT2D eigenvalue weighted by atomic mass is 32.2. The summed E-state index contributed by atoms with van der Waals surface area (Å²) in [6.45, 7) is 0. The van der Waals surface area contributed by atoms with Crippen LogP contribution in [0.25, 0.3) is 0 Å². The lowest BCUT2D eigenvalue weighted by Crippen LogP contribution is -2.39. The molecule has 0 saturated carbocycles. The number of nitrogens with one attached hydrogen (secondary N) is 2. The van der Waals surface area contributed by atoms with Gasteiger partial charge in [-0.25, -0.2) is 0 Å². The van der Waals surface area contributed by atoms with Crippen LogP contribution in [0.3, 0.4) is 0 Å². The van der Waals surface area contributed by atoms with Crippen molar-refractivity contribution in [2.24, 2.45) is 5.84 Å². The van der Waals surface area contributed by atoms with Crippen molar-refractivity contribution < 1.29 is 13.9 Å². The molecule has 1 aromatic carbocycles. The van der Waals surface area contributed by atoms with E-state index in [1.54, 1.807) is 0 Å². The average Bonchev–Trinajstić information content (AvgIpc) is 2.48. The van der Waals surface area contributed by atoms with Crippen molar-refractivity contribution in [1.29, 1.82) is 0 Å². The molecular formula is C12H16N4O4S. The topological polar surface area (TPSA) is 127 Å². The second kappa shape index (κ2) is 6.64. The number of benzene rings is 1. The Morgan fingerprint density at radius 2 is 2.05 bits per heavy atom. The van der Waals surface area contributed by atoms with Crippen LogP contribution < -0.4 is 16.6 Å². The summed E-state index contributed by atoms with van der Waals surface area (Å²) in [5.41, 5.74) is 1.91. The molecule has 8 nitrogen and oxygen atoms in total. The van der Waals surface area contributed by atoms with Gasteiger partial charge in [0.25, 0.3) is 5.91 Å². The van der Waals surface area contributed by atoms with E-state index in [9.17, 15) is 19.1 Å². The van der Waals surface area contributed by atoms with E-state index in [0.717, 1.165) is 0 Å². The summed E-state index contributed by atoms with van der Waals surface area (Å²) >= 11 is 0. The molecule has 9 heteroatoms. The van der Waals surface area contributed by atoms with Gasteiger partial charge in [-0.2, -0.15) is 0 Å². The number of nitro benzene ring substituents is 1. The minimum absolute atomic E-state index is 0.0397. The molecule has 1 aromatic rings. The van der Waals surface area contributed by atoms with E-state index in [2.05, 4.69) is 10.7 Å². The first kappa shape index (κ1) is 15.4. The molecule has 4 N–H and O–H groups in total. The van der Waals surface area contributed by atoms with Crippen LogP contribution in [0.1, 0.15) is 23.2 Å². The van der Waals surface area contributed by atoms with Gasteiger partial charge in [-0.3, -0.25) is 25.0 Å². The predicted octanol–water partition coefficient (Wildman–Crippen LogP) is 0.521. The number of rotatable bonds is 4. The van der Waals surface area contributed by atoms with Gasteiger partial charge < -0.3 is 10.7 Å². The number of para-hydroxylation sites is 1. The number of amides is 1. The minimum Gasteiger partial charge on any atom is -0.349 e. The predicted molar refractivity (Wildman–Crippen MR) is 79.3 cm³/mol. The third-order valence-corrected chi connectivity index (χ3v) is 4.72. The van der Waals surface area contributed by atoms with Crippen molar-refractivity contribution in [3.63, 3.8) is 0 Å². The third-order valence-electron chi connectivity index (χ3n) is 3.34. The van der Waals surface area contributed by atoms with E-state index >= 15 is 0 Å². The highest BCUT2D eigenvalue weighted by Gasteiger charge is 2.26. The lowest BCUT2D eigenvalue weighted by molar-refractivity contribution is -0.384. The van der Waals surface area contributed by atoms with Crippen LogP contribution in [0.4, 0.5) is 11.4 Å². The Bertz CT molecular complexity index is 583. The van der Waals surface area contributed by atoms with Gasteiger partial charge in [0, 0.05) is 28.3 Å². The largest absolute Gasteiger partial charge is 0.349 e. The van der Waals surface area contributed by atoms with E-state index in [1.807, 2.05) is 0 Å². The minimum atomic E-state index is -0.823. The molecule has 114 valence electrons. The van der Waals surface area contributed by atoms with Gasteiger partial charge in [0.05, 0.1) is 4.92 Å². The lowest BCUT2D eigenvalue weighted by atomic mass is 10.1. The number of hydrazine groups is 1. The van der Waals surface area contributed by atoms with Gasteiger partial charge in [-0.15, -0.1) is 0 Å². The molecule has 1 fully saturated rings. The summed E-state index contributed by atoms with van der Waals surface area (Å²) in [5.74, 6) is 5.80. The standard InChI is InChI=1S/C12H16N4O4S/c13-15-10-3-1-2-9(11(10)16(18)19)12(17)14-8-4-6-21(20)7-5-8/h1-3,8,15H,4-7,13H2,(H,14,17). The molecule has 1 heterocycles. The summed E-state index contributed by atoms with van der Waals surface area (Å²) in [7, 11) is -0.823. The first-order valence-electron chi connectivity index (χ1n) is 6.42. The molecule has 21 heavy (non-hydrogen) atoms. The first-order valence-corrected chi connectivity index (χ1v) is 7.91. The molecule has 0 unspecified atom stereocenters. The Hall–Kier alpha value is -2.00. The number of anilines is 1. The Kier molecular flexibility index (Phi) is 4.86. The first-order chi connectivity index (χ1) is 10.0. The second-order valence-electron chi connectivity index (χ2n) is 4.70. The molecule has 1 amide bonds. The van der Waals surface area contributed by atoms with E-state index < -0.39 is 21.6 Å². The van der Waals surface area contributed by atoms with Gasteiger partial charge >= 0.3 is 5.69 Å². The zero-order valence-electron chi connectivity index (χ0n) is 11.2. The molecule has 1 saturated heterocycles. The Labute approximate surface area is 123 Å². The molecule has 0 aliphatic carbocycles. The Morgan fingerprint density at radius 3 is 2.62 bits per heavy atom. The third kappa shape index (κ3) is 3.56. The molecule has 0 aromatic heterocycles. The highest BCUT2D eigenvalue weighted by Crippen LogP contribution is 2.28. The van der Waals surface area contributed by atoms with Crippen LogP contribution in [0.15, 0.2) is 18.2 Å². The number of carbonyl (C=O) groups excluding carboxylic acids is 1. The Morgan fingerprint density at radius 1 is 1.38 bits per heavy atom. The maximum absolute atomic E-state index is 12.2. The van der Waals surface area contributed by atoms with Crippen molar-refractivity contribution in [2.45, 2.75) is 18.9 Å². The summed E-state index contributed by atoms with van der Waals surface area (Å²) in [6.07, 6.45) is 1.22. The van der Waals surface area contributed by atoms with Gasteiger partial charge in [0.15, 0.2) is 0 Å². The quantitative estimate of drug-likeness (QED) is 0.422. The maximum atomic E-state index is 12.2. The number of nitrogens with two attached hydrogens (primary N) is 1. The molecule has 0 radical (unpaired) electrons. The number of hydrogen-bond donors (Lipinski definition) is 3. The van der Waals surface area contributed by atoms with Crippen LogP contribution >= 0.6 is 0 Å². The zero-order chi connectivity index (χ0) is 15.4. The van der Waals surface area contributed by atoms with Crippen molar-refractivity contribution in [2.75, 3.05) is 16.9 Å². The summed E-state index contributed by atoms with van der Waals surface area (Å²) in [4.78, 5) is 22.7. The van der Waals surface area contributed by atoms with Crippen molar-refractivity contribution in [3.8, 4) is 0 Å². The molecule has 0 atom stereocenters. The molecule has 2 rings (SSSR count). The van der Waals surface area contributed by atoms with Crippen molar-refractivity contribution in [1.82, 2.24) is 5.32 Å². The normalized spacial score (nSPS) is 21.6. The van der Waals surface area contributed by atoms with Gasteiger partial charge in [0.2, 0.25) is 0 Å². The molecule has 1 aliphatic rings. The summed E-state index contributed by atoms with van der Waals surface area (Å²) in [6, 6.07) is 4.23. The van der Waals surface area contributed by atoms with Crippen LogP contribution in [0.5, 0.6) is 0 Å². The van der Waals surface area contributed by atoms with Crippen LogP contribution in [-0.4, -0.2) is 32.6 Å². The van der Waals surface area contributed by atoms with Crippen molar-refractivity contribution in [3.05, 3.63) is 33.9 Å². The van der Waals surface area contributed by atoms with E-state index in [1.165, 1.54) is 18.2 Å². The second-order valence-corrected chi connectivity index (χ2v) is 6.40. The number of nitrogen functional groups attached to an aromatic ring is 1. The molecule has 0 spiro atoms. The number of nitro groups is 1. The maximum Gasteiger partial charge on any atom is 0.306 e. The number of hydrogen-bond acceptors (Lipinski definition) is 6. The van der Waals surface area contributed by atoms with Gasteiger partial charge in [0.1, 0.15) is 11.3 Å².